The monoisotopic (exact) mass is 311 g/mol. The Balaban J connectivity index is 1.98. The molecule has 112 valence electrons. The first kappa shape index (κ1) is 15.4. The molecule has 0 spiro atoms. The number of nitrogens with zero attached hydrogens (tertiary/aromatic N) is 3. The van der Waals surface area contributed by atoms with Crippen LogP contribution in [0, 0.1) is 5.82 Å². The van der Waals surface area contributed by atoms with Crippen LogP contribution in [0.15, 0.2) is 24.4 Å². The maximum atomic E-state index is 13.0. The second-order valence-corrected chi connectivity index (χ2v) is 4.94. The highest BCUT2D eigenvalue weighted by Crippen LogP contribution is 2.19. The van der Waals surface area contributed by atoms with E-state index in [1.165, 1.54) is 22.9 Å². The molecular weight excluding hydrogens is 297 g/mol. The van der Waals surface area contributed by atoms with Crippen molar-refractivity contribution < 1.29 is 9.18 Å². The van der Waals surface area contributed by atoms with Crippen LogP contribution in [-0.4, -0.2) is 20.9 Å². The van der Waals surface area contributed by atoms with Crippen molar-refractivity contribution in [3.63, 3.8) is 0 Å². The lowest BCUT2D eigenvalue weighted by Crippen LogP contribution is -2.19. The molecule has 0 aliphatic rings. The van der Waals surface area contributed by atoms with Gasteiger partial charge in [0, 0.05) is 5.69 Å². The van der Waals surface area contributed by atoms with Gasteiger partial charge in [0.2, 0.25) is 5.91 Å². The molecule has 2 aromatic rings. The maximum absolute atomic E-state index is 13.0. The number of amides is 1. The molecule has 21 heavy (non-hydrogen) atoms. The summed E-state index contributed by atoms with van der Waals surface area (Å²) in [6.07, 6.45) is 2.37. The summed E-state index contributed by atoms with van der Waals surface area (Å²) in [5.74, 6) is -0.858. The van der Waals surface area contributed by atoms with Gasteiger partial charge in [-0.15, -0.1) is 5.10 Å². The quantitative estimate of drug-likeness (QED) is 0.885. The third-order valence-corrected chi connectivity index (χ3v) is 3.17. The average Bonchev–Trinajstić information content (AvgIpc) is 2.90. The van der Waals surface area contributed by atoms with Crippen molar-refractivity contribution in [1.82, 2.24) is 15.0 Å². The van der Waals surface area contributed by atoms with Crippen LogP contribution < -0.4 is 11.1 Å². The van der Waals surface area contributed by atoms with Gasteiger partial charge in [-0.25, -0.2) is 9.07 Å². The van der Waals surface area contributed by atoms with Crippen molar-refractivity contribution in [3.8, 4) is 0 Å². The minimum Gasteiger partial charge on any atom is -0.324 e. The number of rotatable bonds is 5. The fourth-order valence-electron chi connectivity index (χ4n) is 1.69. The number of carbonyl (C=O) groups is 1. The second kappa shape index (κ2) is 6.64. The highest BCUT2D eigenvalue weighted by Gasteiger charge is 2.11. The zero-order valence-corrected chi connectivity index (χ0v) is 12.1. The SMILES string of the molecule is CCC(N)c1cn(CC(=O)Nc2ccc(F)c(Cl)c2)nn1. The van der Waals surface area contributed by atoms with Gasteiger partial charge in [-0.3, -0.25) is 4.79 Å². The molecule has 0 saturated carbocycles. The molecule has 0 aliphatic heterocycles. The molecule has 1 unspecified atom stereocenters. The molecule has 1 heterocycles. The third kappa shape index (κ3) is 3.99. The molecule has 2 rings (SSSR count). The summed E-state index contributed by atoms with van der Waals surface area (Å²) in [6.45, 7) is 1.92. The summed E-state index contributed by atoms with van der Waals surface area (Å²) < 4.78 is 14.4. The molecule has 8 heteroatoms. The summed E-state index contributed by atoms with van der Waals surface area (Å²) in [6, 6.07) is 3.76. The highest BCUT2D eigenvalue weighted by molar-refractivity contribution is 6.31. The number of hydrogen-bond acceptors (Lipinski definition) is 4. The molecule has 0 bridgehead atoms. The molecule has 3 N–H and O–H groups in total. The third-order valence-electron chi connectivity index (χ3n) is 2.89. The van der Waals surface area contributed by atoms with Crippen molar-refractivity contribution >= 4 is 23.2 Å². The first-order valence-electron chi connectivity index (χ1n) is 6.40. The van der Waals surface area contributed by atoms with Gasteiger partial charge in [-0.05, 0) is 24.6 Å². The standard InChI is InChI=1S/C13H15ClFN5O/c1-2-11(16)12-6-20(19-18-12)7-13(21)17-8-3-4-10(15)9(14)5-8/h3-6,11H,2,7,16H2,1H3,(H,17,21). The average molecular weight is 312 g/mol. The Morgan fingerprint density at radius 2 is 2.33 bits per heavy atom. The predicted molar refractivity (Wildman–Crippen MR) is 77.3 cm³/mol. The van der Waals surface area contributed by atoms with Gasteiger partial charge >= 0.3 is 0 Å². The molecule has 1 aromatic carbocycles. The lowest BCUT2D eigenvalue weighted by atomic mass is 10.2. The number of benzene rings is 1. The van der Waals surface area contributed by atoms with Crippen LogP contribution in [0.1, 0.15) is 25.1 Å². The summed E-state index contributed by atoms with van der Waals surface area (Å²) in [4.78, 5) is 11.9. The second-order valence-electron chi connectivity index (χ2n) is 4.53. The van der Waals surface area contributed by atoms with E-state index in [-0.39, 0.29) is 23.5 Å². The van der Waals surface area contributed by atoms with Crippen LogP contribution >= 0.6 is 11.6 Å². The van der Waals surface area contributed by atoms with Crippen molar-refractivity contribution in [2.45, 2.75) is 25.9 Å². The van der Waals surface area contributed by atoms with E-state index >= 15 is 0 Å². The van der Waals surface area contributed by atoms with Crippen LogP contribution in [0.4, 0.5) is 10.1 Å². The Morgan fingerprint density at radius 1 is 1.57 bits per heavy atom. The molecule has 0 saturated heterocycles. The number of halogens is 2. The molecule has 0 fully saturated rings. The molecule has 6 nitrogen and oxygen atoms in total. The minimum atomic E-state index is -0.538. The Bertz CT molecular complexity index is 645. The van der Waals surface area contributed by atoms with E-state index in [4.69, 9.17) is 17.3 Å². The fraction of sp³-hybridized carbons (Fsp3) is 0.308. The van der Waals surface area contributed by atoms with E-state index in [1.807, 2.05) is 6.92 Å². The van der Waals surface area contributed by atoms with Crippen LogP contribution in [0.3, 0.4) is 0 Å². The van der Waals surface area contributed by atoms with Crippen LogP contribution in [-0.2, 0) is 11.3 Å². The van der Waals surface area contributed by atoms with E-state index in [0.717, 1.165) is 6.42 Å². The Labute approximate surface area is 126 Å². The summed E-state index contributed by atoms with van der Waals surface area (Å²) in [5.41, 5.74) is 6.87. The minimum absolute atomic E-state index is 0.0154. The van der Waals surface area contributed by atoms with Gasteiger partial charge < -0.3 is 11.1 Å². The lowest BCUT2D eigenvalue weighted by molar-refractivity contribution is -0.116. The van der Waals surface area contributed by atoms with Crippen LogP contribution in [0.25, 0.3) is 0 Å². The zero-order chi connectivity index (χ0) is 15.4. The fourth-order valence-corrected chi connectivity index (χ4v) is 1.87. The first-order chi connectivity index (χ1) is 9.99. The van der Waals surface area contributed by atoms with E-state index in [2.05, 4.69) is 15.6 Å². The molecular formula is C13H15ClFN5O. The van der Waals surface area contributed by atoms with Crippen molar-refractivity contribution in [2.24, 2.45) is 5.73 Å². The van der Waals surface area contributed by atoms with Gasteiger partial charge in [-0.1, -0.05) is 23.7 Å². The van der Waals surface area contributed by atoms with Gasteiger partial charge in [0.15, 0.2) is 0 Å². The van der Waals surface area contributed by atoms with Gasteiger partial charge in [0.25, 0.3) is 0 Å². The number of anilines is 1. The van der Waals surface area contributed by atoms with Gasteiger partial charge in [0.1, 0.15) is 12.4 Å². The first-order valence-corrected chi connectivity index (χ1v) is 6.78. The van der Waals surface area contributed by atoms with Crippen molar-refractivity contribution in [3.05, 3.63) is 40.9 Å². The number of nitrogens with one attached hydrogen (secondary N) is 1. The number of hydrogen-bond donors (Lipinski definition) is 2. The number of nitrogens with two attached hydrogens (primary N) is 1. The molecule has 1 amide bonds. The topological polar surface area (TPSA) is 85.8 Å². The number of aromatic nitrogens is 3. The smallest absolute Gasteiger partial charge is 0.246 e. The van der Waals surface area contributed by atoms with Gasteiger partial charge in [-0.2, -0.15) is 0 Å². The largest absolute Gasteiger partial charge is 0.324 e. The van der Waals surface area contributed by atoms with E-state index in [0.29, 0.717) is 11.4 Å². The molecule has 0 radical (unpaired) electrons. The van der Waals surface area contributed by atoms with Crippen molar-refractivity contribution in [1.29, 1.82) is 0 Å². The number of carbonyl (C=O) groups excluding carboxylic acids is 1. The van der Waals surface area contributed by atoms with E-state index < -0.39 is 5.82 Å². The van der Waals surface area contributed by atoms with Gasteiger partial charge in [0.05, 0.1) is 23.0 Å². The summed E-state index contributed by atoms with van der Waals surface area (Å²) >= 11 is 5.64. The zero-order valence-electron chi connectivity index (χ0n) is 11.4. The highest BCUT2D eigenvalue weighted by atomic mass is 35.5. The maximum Gasteiger partial charge on any atom is 0.246 e. The molecule has 1 atom stereocenters. The van der Waals surface area contributed by atoms with E-state index in [9.17, 15) is 9.18 Å². The van der Waals surface area contributed by atoms with E-state index in [1.54, 1.807) is 6.20 Å². The summed E-state index contributed by atoms with van der Waals surface area (Å²) in [7, 11) is 0. The Hall–Kier alpha value is -1.99. The predicted octanol–water partition coefficient (Wildman–Crippen LogP) is 2.12. The Kier molecular flexibility index (Phi) is 4.87. The lowest BCUT2D eigenvalue weighted by Gasteiger charge is -2.06. The molecule has 0 aliphatic carbocycles. The van der Waals surface area contributed by atoms with Crippen LogP contribution in [0.2, 0.25) is 5.02 Å². The Morgan fingerprint density at radius 3 is 3.00 bits per heavy atom. The van der Waals surface area contributed by atoms with Crippen molar-refractivity contribution in [2.75, 3.05) is 5.32 Å². The normalized spacial score (nSPS) is 12.2. The molecule has 1 aromatic heterocycles. The van der Waals surface area contributed by atoms with Crippen LogP contribution in [0.5, 0.6) is 0 Å². The summed E-state index contributed by atoms with van der Waals surface area (Å²) in [5, 5.41) is 10.3.